The normalized spacial score (nSPS) is 22.7. The molecule has 10 heteroatoms. The summed E-state index contributed by atoms with van der Waals surface area (Å²) in [6, 6.07) is 0. The van der Waals surface area contributed by atoms with Crippen molar-refractivity contribution in [1.29, 1.82) is 0 Å². The molecule has 1 saturated heterocycles. The van der Waals surface area contributed by atoms with Gasteiger partial charge in [-0.3, -0.25) is 9.59 Å². The molecule has 3 fully saturated rings. The van der Waals surface area contributed by atoms with E-state index in [-0.39, 0.29) is 38.0 Å². The van der Waals surface area contributed by atoms with E-state index in [1.54, 1.807) is 0 Å². The summed E-state index contributed by atoms with van der Waals surface area (Å²) < 4.78 is 10.1. The van der Waals surface area contributed by atoms with Crippen molar-refractivity contribution in [3.8, 4) is 0 Å². The van der Waals surface area contributed by atoms with Crippen molar-refractivity contribution in [2.75, 3.05) is 39.4 Å². The van der Waals surface area contributed by atoms with Crippen molar-refractivity contribution in [3.05, 3.63) is 0 Å². The number of carbonyl (C=O) groups is 4. The van der Waals surface area contributed by atoms with Gasteiger partial charge in [0, 0.05) is 26.2 Å². The number of piperazine rings is 1. The highest BCUT2D eigenvalue weighted by molar-refractivity contribution is 5.85. The lowest BCUT2D eigenvalue weighted by atomic mass is 9.85. The Balaban J connectivity index is 1.36. The highest BCUT2D eigenvalue weighted by Crippen LogP contribution is 2.30. The first-order valence-corrected chi connectivity index (χ1v) is 11.6. The maximum absolute atomic E-state index is 12.4. The number of nitrogens with zero attached hydrogens (tertiary/aromatic N) is 2. The van der Waals surface area contributed by atoms with Gasteiger partial charge in [0.05, 0.1) is 0 Å². The Hall–Kier alpha value is -2.20. The molecule has 0 atom stereocenters. The number of ether oxygens (including phenoxy) is 2. The smallest absolute Gasteiger partial charge is 0.338 e. The third kappa shape index (κ3) is 5.98. The molecule has 0 unspecified atom stereocenters. The fourth-order valence-corrected chi connectivity index (χ4v) is 4.59. The summed E-state index contributed by atoms with van der Waals surface area (Å²) >= 11 is 0. The molecule has 10 nitrogen and oxygen atoms in total. The van der Waals surface area contributed by atoms with Gasteiger partial charge in [-0.1, -0.05) is 12.8 Å². The minimum absolute atomic E-state index is 0.268. The van der Waals surface area contributed by atoms with Crippen LogP contribution in [0.15, 0.2) is 0 Å². The molecule has 3 rings (SSSR count). The van der Waals surface area contributed by atoms with Crippen LogP contribution in [-0.2, 0) is 28.7 Å². The zero-order valence-corrected chi connectivity index (χ0v) is 18.6. The molecular formula is C22H34N2O8. The van der Waals surface area contributed by atoms with E-state index in [1.165, 1.54) is 9.80 Å². The molecule has 3 aliphatic rings. The largest absolute Gasteiger partial charge is 0.453 e. The Morgan fingerprint density at radius 1 is 0.594 bits per heavy atom. The van der Waals surface area contributed by atoms with E-state index in [4.69, 9.17) is 9.47 Å². The van der Waals surface area contributed by atoms with E-state index in [2.05, 4.69) is 0 Å². The number of amides is 2. The van der Waals surface area contributed by atoms with Crippen molar-refractivity contribution < 1.29 is 38.9 Å². The maximum atomic E-state index is 12.4. The Bertz CT molecular complexity index is 645. The highest BCUT2D eigenvalue weighted by Gasteiger charge is 2.40. The lowest BCUT2D eigenvalue weighted by Gasteiger charge is -2.35. The molecule has 0 aromatic heterocycles. The molecule has 0 aromatic rings. The van der Waals surface area contributed by atoms with E-state index < -0.39 is 36.4 Å². The minimum atomic E-state index is -1.49. The summed E-state index contributed by atoms with van der Waals surface area (Å²) in [5.41, 5.74) is -2.99. The topological polar surface area (TPSA) is 134 Å². The first kappa shape index (κ1) is 24.4. The average Bonchev–Trinajstić information content (AvgIpc) is 2.81. The van der Waals surface area contributed by atoms with E-state index in [0.29, 0.717) is 25.7 Å². The molecule has 180 valence electrons. The van der Waals surface area contributed by atoms with Gasteiger partial charge in [0.15, 0.2) is 24.4 Å². The zero-order chi connectivity index (χ0) is 23.2. The van der Waals surface area contributed by atoms with Gasteiger partial charge in [0.1, 0.15) is 0 Å². The first-order valence-electron chi connectivity index (χ1n) is 11.6. The van der Waals surface area contributed by atoms with Gasteiger partial charge in [-0.25, -0.2) is 9.59 Å². The number of aliphatic hydroxyl groups is 2. The van der Waals surface area contributed by atoms with Crippen molar-refractivity contribution in [2.45, 2.75) is 75.4 Å². The average molecular weight is 455 g/mol. The van der Waals surface area contributed by atoms with Crippen LogP contribution in [0, 0.1) is 0 Å². The number of carbonyl (C=O) groups excluding carboxylic acids is 4. The standard InChI is InChI=1S/C22H34N2O8/c25-17(15-31-19(27)21(29)7-3-1-4-8-21)23-11-13-24(14-12-23)18(26)16-32-20(28)22(30)9-5-2-6-10-22/h29-30H,1-16H2. The monoisotopic (exact) mass is 454 g/mol. The minimum Gasteiger partial charge on any atom is -0.453 e. The maximum Gasteiger partial charge on any atom is 0.338 e. The van der Waals surface area contributed by atoms with Crippen molar-refractivity contribution in [3.63, 3.8) is 0 Å². The fraction of sp³-hybridized carbons (Fsp3) is 0.818. The predicted octanol–water partition coefficient (Wildman–Crippen LogP) is 0.134. The van der Waals surface area contributed by atoms with Crippen LogP contribution < -0.4 is 0 Å². The molecule has 1 heterocycles. The quantitative estimate of drug-likeness (QED) is 0.541. The molecule has 2 saturated carbocycles. The summed E-state index contributed by atoms with van der Waals surface area (Å²) in [6.07, 6.45) is 6.36. The van der Waals surface area contributed by atoms with Crippen LogP contribution >= 0.6 is 0 Å². The van der Waals surface area contributed by atoms with Gasteiger partial charge >= 0.3 is 11.9 Å². The van der Waals surface area contributed by atoms with Crippen LogP contribution in [0.25, 0.3) is 0 Å². The van der Waals surface area contributed by atoms with Gasteiger partial charge in [0.2, 0.25) is 0 Å². The number of esters is 2. The summed E-state index contributed by atoms with van der Waals surface area (Å²) in [5, 5.41) is 20.7. The lowest BCUT2D eigenvalue weighted by molar-refractivity contribution is -0.173. The molecular weight excluding hydrogens is 420 g/mol. The van der Waals surface area contributed by atoms with Crippen molar-refractivity contribution in [1.82, 2.24) is 9.80 Å². The van der Waals surface area contributed by atoms with Gasteiger partial charge in [-0.2, -0.15) is 0 Å². The summed E-state index contributed by atoms with van der Waals surface area (Å²) in [6.45, 7) is 0.194. The highest BCUT2D eigenvalue weighted by atomic mass is 16.6. The van der Waals surface area contributed by atoms with E-state index in [1.807, 2.05) is 0 Å². The Kier molecular flexibility index (Phi) is 8.10. The molecule has 0 spiro atoms. The SMILES string of the molecule is O=C(COC(=O)C1(O)CCCCC1)N1CCN(C(=O)COC(=O)C2(O)CCCCC2)CC1. The van der Waals surface area contributed by atoms with Crippen LogP contribution in [0.5, 0.6) is 0 Å². The first-order chi connectivity index (χ1) is 15.2. The summed E-state index contributed by atoms with van der Waals surface area (Å²) in [7, 11) is 0. The molecule has 2 amide bonds. The van der Waals surface area contributed by atoms with Crippen LogP contribution in [0.2, 0.25) is 0 Å². The fourth-order valence-electron chi connectivity index (χ4n) is 4.59. The second-order valence-corrected chi connectivity index (χ2v) is 9.10. The van der Waals surface area contributed by atoms with Gasteiger partial charge < -0.3 is 29.5 Å². The molecule has 2 aliphatic carbocycles. The number of hydrogen-bond acceptors (Lipinski definition) is 8. The van der Waals surface area contributed by atoms with Crippen LogP contribution in [0.1, 0.15) is 64.2 Å². The molecule has 1 aliphatic heterocycles. The second kappa shape index (κ2) is 10.6. The predicted molar refractivity (Wildman–Crippen MR) is 111 cm³/mol. The second-order valence-electron chi connectivity index (χ2n) is 9.10. The summed E-state index contributed by atoms with van der Waals surface area (Å²) in [4.78, 5) is 52.0. The molecule has 0 radical (unpaired) electrons. The zero-order valence-electron chi connectivity index (χ0n) is 18.6. The molecule has 2 N–H and O–H groups in total. The Morgan fingerprint density at radius 2 is 0.906 bits per heavy atom. The third-order valence-electron chi connectivity index (χ3n) is 6.76. The van der Waals surface area contributed by atoms with Crippen LogP contribution in [-0.4, -0.2) is 94.4 Å². The Morgan fingerprint density at radius 3 is 1.22 bits per heavy atom. The van der Waals surface area contributed by atoms with Crippen LogP contribution in [0.4, 0.5) is 0 Å². The third-order valence-corrected chi connectivity index (χ3v) is 6.76. The van der Waals surface area contributed by atoms with Crippen LogP contribution in [0.3, 0.4) is 0 Å². The number of rotatable bonds is 6. The van der Waals surface area contributed by atoms with E-state index >= 15 is 0 Å². The van der Waals surface area contributed by atoms with Gasteiger partial charge in [-0.15, -0.1) is 0 Å². The molecule has 0 aromatic carbocycles. The van der Waals surface area contributed by atoms with E-state index in [0.717, 1.165) is 38.5 Å². The molecule has 32 heavy (non-hydrogen) atoms. The molecule has 0 bridgehead atoms. The van der Waals surface area contributed by atoms with Crippen molar-refractivity contribution in [2.24, 2.45) is 0 Å². The lowest BCUT2D eigenvalue weighted by Crippen LogP contribution is -2.53. The Labute approximate surface area is 187 Å². The van der Waals surface area contributed by atoms with Crippen molar-refractivity contribution >= 4 is 23.8 Å². The van der Waals surface area contributed by atoms with Gasteiger partial charge in [-0.05, 0) is 51.4 Å². The summed E-state index contributed by atoms with van der Waals surface area (Å²) in [5.74, 6) is -2.26. The van der Waals surface area contributed by atoms with Gasteiger partial charge in [0.25, 0.3) is 11.8 Å². The number of hydrogen-bond donors (Lipinski definition) is 2. The van der Waals surface area contributed by atoms with E-state index in [9.17, 15) is 29.4 Å².